The van der Waals surface area contributed by atoms with Crippen molar-refractivity contribution in [2.45, 2.75) is 13.0 Å². The molecule has 0 saturated heterocycles. The van der Waals surface area contributed by atoms with Gasteiger partial charge in [-0.15, -0.1) is 0 Å². The fraction of sp³-hybridized carbons (Fsp3) is 0.211. The molecule has 142 valence electrons. The van der Waals surface area contributed by atoms with Gasteiger partial charge in [0.25, 0.3) is 0 Å². The average Bonchev–Trinajstić information content (AvgIpc) is 2.69. The molecule has 0 heterocycles. The molecule has 0 bridgehead atoms. The van der Waals surface area contributed by atoms with Crippen LogP contribution in [0, 0.1) is 0 Å². The summed E-state index contributed by atoms with van der Waals surface area (Å²) in [4.78, 5) is 23.8. The number of methoxy groups -OCH3 is 2. The van der Waals surface area contributed by atoms with Crippen LogP contribution in [0.5, 0.6) is 17.2 Å². The van der Waals surface area contributed by atoms with E-state index in [0.717, 1.165) is 5.56 Å². The first-order valence-electron chi connectivity index (χ1n) is 8.09. The van der Waals surface area contributed by atoms with Gasteiger partial charge in [0.15, 0.2) is 11.5 Å². The molecule has 0 unspecified atom stereocenters. The van der Waals surface area contributed by atoms with Crippen LogP contribution in [-0.4, -0.2) is 37.4 Å². The van der Waals surface area contributed by atoms with E-state index < -0.39 is 11.8 Å². The minimum absolute atomic E-state index is 0.00872. The van der Waals surface area contributed by atoms with E-state index in [1.54, 1.807) is 44.4 Å². The van der Waals surface area contributed by atoms with Crippen molar-refractivity contribution in [3.63, 3.8) is 0 Å². The summed E-state index contributed by atoms with van der Waals surface area (Å²) in [7, 11) is 2.99. The summed E-state index contributed by atoms with van der Waals surface area (Å²) in [5, 5.41) is 15.8. The van der Waals surface area contributed by atoms with Crippen molar-refractivity contribution >= 4 is 18.0 Å². The molecule has 0 aliphatic carbocycles. The Labute approximate surface area is 156 Å². The van der Waals surface area contributed by atoms with Crippen LogP contribution >= 0.6 is 0 Å². The van der Waals surface area contributed by atoms with Gasteiger partial charge in [-0.3, -0.25) is 9.59 Å². The molecule has 2 aromatic rings. The third-order valence-corrected chi connectivity index (χ3v) is 3.75. The summed E-state index contributed by atoms with van der Waals surface area (Å²) >= 11 is 0. The first-order chi connectivity index (χ1) is 12.9. The summed E-state index contributed by atoms with van der Waals surface area (Å²) in [6.07, 6.45) is 1.33. The van der Waals surface area contributed by atoms with Crippen LogP contribution in [-0.2, 0) is 9.59 Å². The predicted molar refractivity (Wildman–Crippen MR) is 99.9 cm³/mol. The van der Waals surface area contributed by atoms with Crippen LogP contribution in [0.2, 0.25) is 0 Å². The molecule has 8 heteroatoms. The van der Waals surface area contributed by atoms with Crippen LogP contribution in [0.15, 0.2) is 47.6 Å². The lowest BCUT2D eigenvalue weighted by Crippen LogP contribution is -2.39. The number of amides is 2. The number of ether oxygens (including phenoxy) is 2. The number of nitrogens with zero attached hydrogens (tertiary/aromatic N) is 1. The lowest BCUT2D eigenvalue weighted by Gasteiger charge is -2.13. The van der Waals surface area contributed by atoms with Crippen LogP contribution in [0.1, 0.15) is 24.1 Å². The monoisotopic (exact) mass is 371 g/mol. The van der Waals surface area contributed by atoms with E-state index >= 15 is 0 Å². The van der Waals surface area contributed by atoms with Gasteiger partial charge in [0.2, 0.25) is 0 Å². The normalized spacial score (nSPS) is 11.7. The number of phenolic OH excluding ortho intramolecular Hbond substituents is 1. The third-order valence-electron chi connectivity index (χ3n) is 3.75. The smallest absolute Gasteiger partial charge is 0.329 e. The van der Waals surface area contributed by atoms with E-state index in [-0.39, 0.29) is 17.5 Å². The first-order valence-corrected chi connectivity index (χ1v) is 8.09. The Hall–Kier alpha value is -3.55. The average molecular weight is 371 g/mol. The number of carbonyl (C=O) groups excluding carboxylic acids is 2. The number of hydrazone groups is 1. The molecule has 27 heavy (non-hydrogen) atoms. The minimum Gasteiger partial charge on any atom is -0.504 e. The van der Waals surface area contributed by atoms with Gasteiger partial charge in [0.1, 0.15) is 5.75 Å². The fourth-order valence-electron chi connectivity index (χ4n) is 2.23. The number of hydrogen-bond donors (Lipinski definition) is 3. The zero-order chi connectivity index (χ0) is 19.8. The molecule has 0 aromatic heterocycles. The van der Waals surface area contributed by atoms with Crippen LogP contribution in [0.4, 0.5) is 0 Å². The van der Waals surface area contributed by atoms with Gasteiger partial charge in [-0.05, 0) is 48.4 Å². The highest BCUT2D eigenvalue weighted by Crippen LogP contribution is 2.25. The van der Waals surface area contributed by atoms with E-state index in [1.165, 1.54) is 25.5 Å². The number of hydrogen-bond acceptors (Lipinski definition) is 6. The zero-order valence-corrected chi connectivity index (χ0v) is 15.2. The Balaban J connectivity index is 1.90. The lowest BCUT2D eigenvalue weighted by atomic mass is 10.1. The second kappa shape index (κ2) is 9.23. The number of aromatic hydroxyl groups is 1. The highest BCUT2D eigenvalue weighted by molar-refractivity contribution is 6.35. The third kappa shape index (κ3) is 5.46. The van der Waals surface area contributed by atoms with Crippen molar-refractivity contribution in [1.29, 1.82) is 0 Å². The Kier molecular flexibility index (Phi) is 6.76. The molecule has 2 rings (SSSR count). The van der Waals surface area contributed by atoms with Crippen LogP contribution < -0.4 is 20.2 Å². The standard InChI is InChI=1S/C19H21N3O5/c1-12(14-5-7-15(26-2)8-6-14)21-18(24)19(25)22-20-11-13-4-9-16(23)17(10-13)27-3/h4-12,23H,1-3H3,(H,21,24)(H,22,25)/b20-11+/t12-/m0/s1. The van der Waals surface area contributed by atoms with Crippen LogP contribution in [0.25, 0.3) is 0 Å². The fourth-order valence-corrected chi connectivity index (χ4v) is 2.23. The Morgan fingerprint density at radius 2 is 1.78 bits per heavy atom. The number of phenols is 1. The number of nitrogens with one attached hydrogen (secondary N) is 2. The van der Waals surface area contributed by atoms with Gasteiger partial charge >= 0.3 is 11.8 Å². The molecule has 0 saturated carbocycles. The maximum Gasteiger partial charge on any atom is 0.329 e. The highest BCUT2D eigenvalue weighted by atomic mass is 16.5. The maximum absolute atomic E-state index is 12.0. The Bertz CT molecular complexity index is 834. The number of benzene rings is 2. The van der Waals surface area contributed by atoms with E-state index in [4.69, 9.17) is 9.47 Å². The van der Waals surface area contributed by atoms with Crippen molar-refractivity contribution in [3.05, 3.63) is 53.6 Å². The lowest BCUT2D eigenvalue weighted by molar-refractivity contribution is -0.139. The first kappa shape index (κ1) is 19.8. The predicted octanol–water partition coefficient (Wildman–Crippen LogP) is 1.74. The van der Waals surface area contributed by atoms with Gasteiger partial charge in [-0.2, -0.15) is 5.10 Å². The maximum atomic E-state index is 12.0. The summed E-state index contributed by atoms with van der Waals surface area (Å²) < 4.78 is 10.1. The van der Waals surface area contributed by atoms with Gasteiger partial charge in [0.05, 0.1) is 26.5 Å². The number of rotatable bonds is 6. The molecule has 3 N–H and O–H groups in total. The summed E-state index contributed by atoms with van der Waals surface area (Å²) in [5.74, 6) is -0.728. The number of carbonyl (C=O) groups is 2. The molecule has 0 spiro atoms. The van der Waals surface area contributed by atoms with Crippen LogP contribution in [0.3, 0.4) is 0 Å². The zero-order valence-electron chi connectivity index (χ0n) is 15.2. The summed E-state index contributed by atoms with van der Waals surface area (Å²) in [6.45, 7) is 1.76. The van der Waals surface area contributed by atoms with E-state index in [9.17, 15) is 14.7 Å². The molecule has 2 amide bonds. The van der Waals surface area contributed by atoms with Crippen molar-refractivity contribution in [3.8, 4) is 17.2 Å². The molecule has 0 aliphatic heterocycles. The second-order valence-electron chi connectivity index (χ2n) is 5.60. The molecule has 1 atom stereocenters. The van der Waals surface area contributed by atoms with Crippen molar-refractivity contribution in [2.75, 3.05) is 14.2 Å². The SMILES string of the molecule is COc1ccc([C@H](C)NC(=O)C(=O)N/N=C/c2ccc(O)c(OC)c2)cc1. The minimum atomic E-state index is -0.891. The van der Waals surface area contributed by atoms with Gasteiger partial charge in [0, 0.05) is 0 Å². The second-order valence-corrected chi connectivity index (χ2v) is 5.60. The molecular formula is C19H21N3O5. The van der Waals surface area contributed by atoms with Gasteiger partial charge < -0.3 is 19.9 Å². The van der Waals surface area contributed by atoms with Crippen molar-refractivity contribution < 1.29 is 24.2 Å². The van der Waals surface area contributed by atoms with Crippen molar-refractivity contribution in [2.24, 2.45) is 5.10 Å². The van der Waals surface area contributed by atoms with E-state index in [2.05, 4.69) is 15.8 Å². The molecule has 8 nitrogen and oxygen atoms in total. The quantitative estimate of drug-likeness (QED) is 0.407. The summed E-state index contributed by atoms with van der Waals surface area (Å²) in [6, 6.07) is 11.3. The molecular weight excluding hydrogens is 350 g/mol. The van der Waals surface area contributed by atoms with E-state index in [1.807, 2.05) is 0 Å². The topological polar surface area (TPSA) is 109 Å². The Morgan fingerprint density at radius 1 is 1.07 bits per heavy atom. The molecule has 0 aliphatic rings. The largest absolute Gasteiger partial charge is 0.504 e. The Morgan fingerprint density at radius 3 is 2.41 bits per heavy atom. The van der Waals surface area contributed by atoms with Crippen molar-refractivity contribution in [1.82, 2.24) is 10.7 Å². The van der Waals surface area contributed by atoms with Gasteiger partial charge in [-0.25, -0.2) is 5.43 Å². The van der Waals surface area contributed by atoms with E-state index in [0.29, 0.717) is 11.3 Å². The molecule has 0 fully saturated rings. The molecule has 0 radical (unpaired) electrons. The van der Waals surface area contributed by atoms with Gasteiger partial charge in [-0.1, -0.05) is 12.1 Å². The summed E-state index contributed by atoms with van der Waals surface area (Å²) in [5.41, 5.74) is 3.56. The highest BCUT2D eigenvalue weighted by Gasteiger charge is 2.16. The molecule has 2 aromatic carbocycles.